The Kier molecular flexibility index (Phi) is 6.47. The van der Waals surface area contributed by atoms with E-state index in [1.165, 1.54) is 0 Å². The summed E-state index contributed by atoms with van der Waals surface area (Å²) in [5.41, 5.74) is 5.52. The number of carbonyl (C=O) groups is 2. The Hall–Kier alpha value is -2.24. The Morgan fingerprint density at radius 3 is 2.54 bits per heavy atom. The molecule has 0 radical (unpaired) electrons. The number of hydrogen-bond donors (Lipinski definition) is 1. The van der Waals surface area contributed by atoms with Crippen LogP contribution >= 0.6 is 23.2 Å². The molecule has 0 aliphatic carbocycles. The lowest BCUT2D eigenvalue weighted by Crippen LogP contribution is -2.50. The van der Waals surface area contributed by atoms with E-state index in [-0.39, 0.29) is 18.9 Å². The Morgan fingerprint density at radius 2 is 1.86 bits per heavy atom. The van der Waals surface area contributed by atoms with Gasteiger partial charge in [0.1, 0.15) is 5.75 Å². The van der Waals surface area contributed by atoms with Crippen LogP contribution in [0.5, 0.6) is 5.75 Å². The highest BCUT2D eigenvalue weighted by atomic mass is 35.5. The van der Waals surface area contributed by atoms with Gasteiger partial charge in [0.15, 0.2) is 0 Å². The average molecular weight is 421 g/mol. The van der Waals surface area contributed by atoms with Gasteiger partial charge in [0.05, 0.1) is 6.61 Å². The third-order valence-electron chi connectivity index (χ3n) is 4.93. The number of amides is 2. The quantitative estimate of drug-likeness (QED) is 0.761. The van der Waals surface area contributed by atoms with Gasteiger partial charge in [-0.1, -0.05) is 29.3 Å². The molecule has 7 heteroatoms. The van der Waals surface area contributed by atoms with Crippen LogP contribution in [0, 0.1) is 5.41 Å². The van der Waals surface area contributed by atoms with Crippen molar-refractivity contribution in [3.05, 3.63) is 64.1 Å². The molecule has 148 valence electrons. The lowest BCUT2D eigenvalue weighted by Gasteiger charge is -2.42. The topological polar surface area (TPSA) is 72.6 Å². The van der Waals surface area contributed by atoms with E-state index < -0.39 is 11.3 Å². The van der Waals surface area contributed by atoms with Gasteiger partial charge in [-0.3, -0.25) is 9.59 Å². The molecule has 1 aliphatic rings. The largest absolute Gasteiger partial charge is 0.493 e. The molecule has 1 atom stereocenters. The minimum atomic E-state index is -0.530. The molecular formula is C21H22Cl2N2O3. The summed E-state index contributed by atoms with van der Waals surface area (Å²) in [5.74, 6) is 0.144. The molecule has 1 unspecified atom stereocenters. The number of likely N-dealkylation sites (tertiary alicyclic amines) is 1. The molecule has 0 bridgehead atoms. The van der Waals surface area contributed by atoms with Crippen molar-refractivity contribution in [2.24, 2.45) is 11.1 Å². The number of benzene rings is 2. The van der Waals surface area contributed by atoms with E-state index in [9.17, 15) is 9.59 Å². The van der Waals surface area contributed by atoms with Crippen molar-refractivity contribution in [2.75, 3.05) is 19.7 Å². The van der Waals surface area contributed by atoms with Gasteiger partial charge in [0.2, 0.25) is 5.91 Å². The van der Waals surface area contributed by atoms with Crippen LogP contribution < -0.4 is 10.5 Å². The molecule has 2 N–H and O–H groups in total. The summed E-state index contributed by atoms with van der Waals surface area (Å²) in [7, 11) is 0. The monoisotopic (exact) mass is 420 g/mol. The molecule has 1 saturated heterocycles. The van der Waals surface area contributed by atoms with Gasteiger partial charge in [0.25, 0.3) is 5.91 Å². The summed E-state index contributed by atoms with van der Waals surface area (Å²) in [5, 5.41) is 1.13. The van der Waals surface area contributed by atoms with E-state index in [1.54, 1.807) is 53.4 Å². The predicted octanol–water partition coefficient (Wildman–Crippen LogP) is 4.17. The maximum Gasteiger partial charge on any atom is 0.253 e. The zero-order chi connectivity index (χ0) is 20.1. The normalized spacial score (nSPS) is 19.3. The van der Waals surface area contributed by atoms with Gasteiger partial charge < -0.3 is 15.4 Å². The number of hydrogen-bond acceptors (Lipinski definition) is 3. The maximum absolute atomic E-state index is 12.9. The van der Waals surface area contributed by atoms with Crippen molar-refractivity contribution in [1.29, 1.82) is 0 Å². The number of carbonyl (C=O) groups excluding carboxylic acids is 2. The van der Waals surface area contributed by atoms with E-state index in [0.29, 0.717) is 34.4 Å². The molecule has 0 aromatic heterocycles. The van der Waals surface area contributed by atoms with Crippen LogP contribution in [0.2, 0.25) is 10.0 Å². The number of piperidine rings is 1. The zero-order valence-corrected chi connectivity index (χ0v) is 16.9. The smallest absolute Gasteiger partial charge is 0.253 e. The highest BCUT2D eigenvalue weighted by molar-refractivity contribution is 6.31. The first kappa shape index (κ1) is 20.5. The van der Waals surface area contributed by atoms with Crippen LogP contribution in [0.3, 0.4) is 0 Å². The van der Waals surface area contributed by atoms with Crippen molar-refractivity contribution in [3.63, 3.8) is 0 Å². The summed E-state index contributed by atoms with van der Waals surface area (Å²) in [4.78, 5) is 26.4. The van der Waals surface area contributed by atoms with Crippen molar-refractivity contribution in [1.82, 2.24) is 4.90 Å². The van der Waals surface area contributed by atoms with Crippen LogP contribution in [0.15, 0.2) is 48.5 Å². The standard InChI is InChI=1S/C21H22Cl2N2O3/c22-16-5-7-18(8-6-16)28-14-21(12-19(24)26)9-2-10-25(13-21)20(27)15-3-1-4-17(23)11-15/h1,3-8,11H,2,9-10,12-14H2,(H2,24,26). The summed E-state index contributed by atoms with van der Waals surface area (Å²) in [6, 6.07) is 13.9. The van der Waals surface area contributed by atoms with Gasteiger partial charge in [-0.2, -0.15) is 0 Å². The lowest BCUT2D eigenvalue weighted by atomic mass is 9.77. The molecule has 2 aromatic carbocycles. The van der Waals surface area contributed by atoms with Crippen LogP contribution in [-0.4, -0.2) is 36.4 Å². The van der Waals surface area contributed by atoms with Crippen molar-refractivity contribution in [3.8, 4) is 5.75 Å². The molecule has 1 fully saturated rings. The van der Waals surface area contributed by atoms with Crippen LogP contribution in [-0.2, 0) is 4.79 Å². The SMILES string of the molecule is NC(=O)CC1(COc2ccc(Cl)cc2)CCCN(C(=O)c2cccc(Cl)c2)C1. The highest BCUT2D eigenvalue weighted by Crippen LogP contribution is 2.35. The molecule has 2 aromatic rings. The second-order valence-electron chi connectivity index (χ2n) is 7.23. The summed E-state index contributed by atoms with van der Waals surface area (Å²) in [6.45, 7) is 1.30. The summed E-state index contributed by atoms with van der Waals surface area (Å²) < 4.78 is 5.93. The van der Waals surface area contributed by atoms with E-state index in [2.05, 4.69) is 0 Å². The first-order valence-corrected chi connectivity index (χ1v) is 9.84. The third-order valence-corrected chi connectivity index (χ3v) is 5.42. The molecule has 3 rings (SSSR count). The number of ether oxygens (including phenoxy) is 1. The predicted molar refractivity (Wildman–Crippen MR) is 110 cm³/mol. The molecular weight excluding hydrogens is 399 g/mol. The molecule has 2 amide bonds. The lowest BCUT2D eigenvalue weighted by molar-refractivity contribution is -0.122. The minimum Gasteiger partial charge on any atom is -0.493 e. The third kappa shape index (κ3) is 5.18. The Morgan fingerprint density at radius 1 is 1.11 bits per heavy atom. The minimum absolute atomic E-state index is 0.109. The molecule has 5 nitrogen and oxygen atoms in total. The van der Waals surface area contributed by atoms with E-state index >= 15 is 0 Å². The maximum atomic E-state index is 12.9. The van der Waals surface area contributed by atoms with Gasteiger partial charge in [-0.05, 0) is 55.3 Å². The van der Waals surface area contributed by atoms with Crippen molar-refractivity contribution < 1.29 is 14.3 Å². The molecule has 0 saturated carbocycles. The number of primary amides is 1. The van der Waals surface area contributed by atoms with Crippen LogP contribution in [0.25, 0.3) is 0 Å². The van der Waals surface area contributed by atoms with Gasteiger partial charge >= 0.3 is 0 Å². The second-order valence-corrected chi connectivity index (χ2v) is 8.10. The number of halogens is 2. The highest BCUT2D eigenvalue weighted by Gasteiger charge is 2.39. The first-order valence-electron chi connectivity index (χ1n) is 9.08. The second kappa shape index (κ2) is 8.84. The van der Waals surface area contributed by atoms with Gasteiger partial charge in [-0.15, -0.1) is 0 Å². The zero-order valence-electron chi connectivity index (χ0n) is 15.4. The summed E-state index contributed by atoms with van der Waals surface area (Å²) >= 11 is 11.9. The fraction of sp³-hybridized carbons (Fsp3) is 0.333. The van der Waals surface area contributed by atoms with E-state index in [1.807, 2.05) is 0 Å². The Balaban J connectivity index is 1.76. The van der Waals surface area contributed by atoms with Gasteiger partial charge in [0, 0.05) is 40.5 Å². The van der Waals surface area contributed by atoms with Crippen LogP contribution in [0.4, 0.5) is 0 Å². The van der Waals surface area contributed by atoms with Crippen LogP contribution in [0.1, 0.15) is 29.6 Å². The fourth-order valence-electron chi connectivity index (χ4n) is 3.64. The number of nitrogens with zero attached hydrogens (tertiary/aromatic N) is 1. The Labute approximate surface area is 174 Å². The fourth-order valence-corrected chi connectivity index (χ4v) is 3.95. The number of rotatable bonds is 6. The summed E-state index contributed by atoms with van der Waals surface area (Å²) in [6.07, 6.45) is 1.67. The Bertz CT molecular complexity index is 857. The molecule has 28 heavy (non-hydrogen) atoms. The first-order chi connectivity index (χ1) is 13.4. The van der Waals surface area contributed by atoms with E-state index in [0.717, 1.165) is 12.8 Å². The molecule has 0 spiro atoms. The average Bonchev–Trinajstić information content (AvgIpc) is 2.67. The molecule has 1 aliphatic heterocycles. The molecule has 1 heterocycles. The van der Waals surface area contributed by atoms with Gasteiger partial charge in [-0.25, -0.2) is 0 Å². The van der Waals surface area contributed by atoms with Crippen molar-refractivity contribution in [2.45, 2.75) is 19.3 Å². The van der Waals surface area contributed by atoms with E-state index in [4.69, 9.17) is 33.7 Å². The number of nitrogens with two attached hydrogens (primary N) is 1. The van der Waals surface area contributed by atoms with Crippen molar-refractivity contribution >= 4 is 35.0 Å².